The number of ketones is 1. The van der Waals surface area contributed by atoms with E-state index < -0.39 is 5.97 Å². The number of hydrogen-bond acceptors (Lipinski definition) is 3. The molecule has 6 nitrogen and oxygen atoms in total. The highest BCUT2D eigenvalue weighted by Crippen LogP contribution is 2.08. The summed E-state index contributed by atoms with van der Waals surface area (Å²) >= 11 is 0. The van der Waals surface area contributed by atoms with Crippen LogP contribution < -0.4 is 5.32 Å². The zero-order valence-electron chi connectivity index (χ0n) is 8.25. The second kappa shape index (κ2) is 5.43. The maximum atomic E-state index is 10.9. The van der Waals surface area contributed by atoms with Gasteiger partial charge in [-0.25, -0.2) is 4.79 Å². The lowest BCUT2D eigenvalue weighted by Gasteiger charge is -2.02. The van der Waals surface area contributed by atoms with Crippen LogP contribution in [0.15, 0.2) is 24.3 Å². The first-order chi connectivity index (χ1) is 7.63. The summed E-state index contributed by atoms with van der Waals surface area (Å²) in [5, 5.41) is 11.4. The van der Waals surface area contributed by atoms with Crippen LogP contribution in [-0.2, 0) is 4.79 Å². The summed E-state index contributed by atoms with van der Waals surface area (Å²) in [6, 6.07) is 5.95. The van der Waals surface area contributed by atoms with Crippen LogP contribution in [0.1, 0.15) is 10.4 Å². The third-order valence-corrected chi connectivity index (χ3v) is 1.80. The Balaban J connectivity index is 2.59. The summed E-state index contributed by atoms with van der Waals surface area (Å²) in [5.41, 5.74) is 8.88. The number of Topliss-reactive ketones (excluding diaryl/α,β-unsaturated/α-hetero) is 1. The summed E-state index contributed by atoms with van der Waals surface area (Å²) in [6.45, 7) is -0.0174. The molecule has 0 atom stereocenters. The van der Waals surface area contributed by atoms with E-state index in [-0.39, 0.29) is 17.9 Å². The van der Waals surface area contributed by atoms with Gasteiger partial charge < -0.3 is 16.0 Å². The molecule has 0 aliphatic heterocycles. The van der Waals surface area contributed by atoms with Crippen LogP contribution in [0.2, 0.25) is 0 Å². The van der Waals surface area contributed by atoms with Crippen LogP contribution in [0.4, 0.5) is 5.69 Å². The zero-order chi connectivity index (χ0) is 12.0. The Labute approximate surface area is 91.1 Å². The number of anilines is 1. The van der Waals surface area contributed by atoms with Crippen molar-refractivity contribution in [3.63, 3.8) is 0 Å². The van der Waals surface area contributed by atoms with Crippen LogP contribution in [0.5, 0.6) is 0 Å². The molecule has 0 heterocycles. The number of nitrogens with zero attached hydrogens (tertiary/aromatic N) is 2. The Morgan fingerprint density at radius 3 is 2.50 bits per heavy atom. The van der Waals surface area contributed by atoms with Crippen molar-refractivity contribution < 1.29 is 19.5 Å². The van der Waals surface area contributed by atoms with Gasteiger partial charge >= 0.3 is 12.2 Å². The fourth-order valence-electron chi connectivity index (χ4n) is 1.03. The fraction of sp³-hybridized carbons (Fsp3) is 0.100. The fourth-order valence-corrected chi connectivity index (χ4v) is 1.03. The molecular weight excluding hydrogens is 210 g/mol. The van der Waals surface area contributed by atoms with E-state index >= 15 is 0 Å². The van der Waals surface area contributed by atoms with Gasteiger partial charge in [0.05, 0.1) is 12.1 Å². The van der Waals surface area contributed by atoms with Gasteiger partial charge in [-0.1, -0.05) is 0 Å². The van der Waals surface area contributed by atoms with Crippen LogP contribution >= 0.6 is 0 Å². The van der Waals surface area contributed by atoms with Gasteiger partial charge in [-0.2, -0.15) is 4.79 Å². The molecule has 1 aromatic rings. The quantitative estimate of drug-likeness (QED) is 0.431. The van der Waals surface area contributed by atoms with Crippen LogP contribution in [0.3, 0.4) is 0 Å². The molecule has 1 rings (SSSR count). The minimum absolute atomic E-state index is 0.0174. The van der Waals surface area contributed by atoms with Crippen molar-refractivity contribution in [2.45, 2.75) is 0 Å². The predicted octanol–water partition coefficient (Wildman–Crippen LogP) is 0.666. The highest BCUT2D eigenvalue weighted by molar-refractivity contribution is 6.26. The largest absolute Gasteiger partial charge is 0.478 e. The van der Waals surface area contributed by atoms with Gasteiger partial charge in [0.25, 0.3) is 5.78 Å². The molecule has 0 aliphatic carbocycles. The molecule has 2 N–H and O–H groups in total. The summed E-state index contributed by atoms with van der Waals surface area (Å²) in [7, 11) is 0. The molecule has 0 radical (unpaired) electrons. The summed E-state index contributed by atoms with van der Waals surface area (Å²) in [6.07, 6.45) is 0.790. The Hall–Kier alpha value is -2.46. The number of nitrogens with one attached hydrogen (secondary N) is 1. The molecule has 0 saturated heterocycles. The number of carboxylic acids is 1. The van der Waals surface area contributed by atoms with Crippen molar-refractivity contribution in [1.29, 1.82) is 0 Å². The lowest BCUT2D eigenvalue weighted by atomic mass is 10.2. The Bertz CT molecular complexity index is 447. The highest BCUT2D eigenvalue weighted by atomic mass is 16.4. The second-order valence-corrected chi connectivity index (χ2v) is 2.95. The first-order valence-corrected chi connectivity index (χ1v) is 4.41. The van der Waals surface area contributed by atoms with Crippen LogP contribution in [0, 0.1) is 0 Å². The van der Waals surface area contributed by atoms with E-state index in [1.807, 2.05) is 0 Å². The average Bonchev–Trinajstić information content (AvgIpc) is 2.27. The summed E-state index contributed by atoms with van der Waals surface area (Å²) < 4.78 is 0. The van der Waals surface area contributed by atoms with Crippen LogP contribution in [-0.4, -0.2) is 34.4 Å². The molecule has 0 aliphatic rings. The van der Waals surface area contributed by atoms with Gasteiger partial charge in [0.1, 0.15) is 0 Å². The van der Waals surface area contributed by atoms with Crippen molar-refractivity contribution in [2.24, 2.45) is 0 Å². The monoisotopic (exact) mass is 219 g/mol. The molecule has 6 heteroatoms. The van der Waals surface area contributed by atoms with Gasteiger partial charge in [0, 0.05) is 5.69 Å². The Morgan fingerprint density at radius 2 is 2.00 bits per heavy atom. The van der Waals surface area contributed by atoms with Gasteiger partial charge in [-0.15, -0.1) is 0 Å². The summed E-state index contributed by atoms with van der Waals surface area (Å²) in [5.74, 6) is -1.39. The second-order valence-electron chi connectivity index (χ2n) is 2.95. The van der Waals surface area contributed by atoms with Crippen molar-refractivity contribution in [3.8, 4) is 0 Å². The number of carbonyl (C=O) groups excluding carboxylic acids is 1. The van der Waals surface area contributed by atoms with E-state index in [1.54, 1.807) is 12.1 Å². The van der Waals surface area contributed by atoms with Crippen molar-refractivity contribution in [2.75, 3.05) is 11.9 Å². The number of hydrogen-bond donors (Lipinski definition) is 2. The maximum Gasteiger partial charge on any atom is 0.335 e. The van der Waals surface area contributed by atoms with Crippen LogP contribution in [0.25, 0.3) is 5.53 Å². The molecule has 0 fully saturated rings. The van der Waals surface area contributed by atoms with Crippen molar-refractivity contribution in [3.05, 3.63) is 35.4 Å². The van der Waals surface area contributed by atoms with Gasteiger partial charge in [0.2, 0.25) is 0 Å². The minimum atomic E-state index is -1.00. The lowest BCUT2D eigenvalue weighted by Crippen LogP contribution is -2.14. The maximum absolute atomic E-state index is 10.9. The Kier molecular flexibility index (Phi) is 3.94. The van der Waals surface area contributed by atoms with Gasteiger partial charge in [-0.05, 0) is 24.3 Å². The molecule has 82 valence electrons. The topological polar surface area (TPSA) is 103 Å². The third-order valence-electron chi connectivity index (χ3n) is 1.80. The van der Waals surface area contributed by atoms with E-state index in [4.69, 9.17) is 10.6 Å². The standard InChI is InChI=1S/C10H9N3O3/c11-13-6-9(14)5-12-8-3-1-7(2-4-8)10(15)16/h1-4,6,12H,5H2,(H,15,16). The first kappa shape index (κ1) is 11.6. The van der Waals surface area contributed by atoms with Crippen molar-refractivity contribution in [1.82, 2.24) is 0 Å². The SMILES string of the molecule is [N-]=[N+]=CC(=O)CNc1ccc(C(=O)O)cc1. The van der Waals surface area contributed by atoms with E-state index in [2.05, 4.69) is 10.1 Å². The number of carbonyl (C=O) groups is 2. The van der Waals surface area contributed by atoms with E-state index in [0.717, 1.165) is 6.21 Å². The molecule has 0 unspecified atom stereocenters. The average molecular weight is 219 g/mol. The smallest absolute Gasteiger partial charge is 0.335 e. The molecule has 0 bridgehead atoms. The van der Waals surface area contributed by atoms with Crippen molar-refractivity contribution >= 4 is 23.7 Å². The van der Waals surface area contributed by atoms with E-state index in [9.17, 15) is 9.59 Å². The molecule has 16 heavy (non-hydrogen) atoms. The number of benzene rings is 1. The van der Waals surface area contributed by atoms with Gasteiger partial charge in [-0.3, -0.25) is 4.79 Å². The van der Waals surface area contributed by atoms with Gasteiger partial charge in [0.15, 0.2) is 0 Å². The summed E-state index contributed by atoms with van der Waals surface area (Å²) in [4.78, 5) is 24.1. The molecule has 0 saturated carbocycles. The van der Waals surface area contributed by atoms with E-state index in [1.165, 1.54) is 12.1 Å². The lowest BCUT2D eigenvalue weighted by molar-refractivity contribution is -0.114. The highest BCUT2D eigenvalue weighted by Gasteiger charge is 2.04. The molecule has 0 aromatic heterocycles. The molecule has 1 aromatic carbocycles. The molecule has 0 spiro atoms. The Morgan fingerprint density at radius 1 is 1.38 bits per heavy atom. The number of carboxylic acid groups (broad SMARTS) is 1. The predicted molar refractivity (Wildman–Crippen MR) is 56.6 cm³/mol. The number of aromatic carboxylic acids is 1. The molecular formula is C10H9N3O3. The molecule has 0 amide bonds. The minimum Gasteiger partial charge on any atom is -0.478 e. The first-order valence-electron chi connectivity index (χ1n) is 4.41. The number of rotatable bonds is 5. The zero-order valence-corrected chi connectivity index (χ0v) is 8.25. The third kappa shape index (κ3) is 3.36. The normalized spacial score (nSPS) is 9.00. The van der Waals surface area contributed by atoms with E-state index in [0.29, 0.717) is 5.69 Å².